The number of carbonyl (C=O) groups excluding carboxylic acids is 1. The fourth-order valence-electron chi connectivity index (χ4n) is 1.17. The van der Waals surface area contributed by atoms with Crippen LogP contribution in [0.2, 0.25) is 0 Å². The first-order valence-electron chi connectivity index (χ1n) is 5.06. The molecule has 1 amide bonds. The maximum Gasteiger partial charge on any atom is 0.329 e. The van der Waals surface area contributed by atoms with E-state index in [9.17, 15) is 9.59 Å². The van der Waals surface area contributed by atoms with Gasteiger partial charge in [0, 0.05) is 5.69 Å². The Hall–Kier alpha value is -1.95. The molecule has 0 aliphatic heterocycles. The highest BCUT2D eigenvalue weighted by molar-refractivity contribution is 5.77. The molecule has 0 bridgehead atoms. The number of carboxylic acids is 1. The molecule has 1 aromatic rings. The summed E-state index contributed by atoms with van der Waals surface area (Å²) in [5, 5.41) is 10.9. The monoisotopic (exact) mass is 238 g/mol. The van der Waals surface area contributed by atoms with Crippen molar-refractivity contribution in [2.75, 3.05) is 13.2 Å². The Labute approximate surface area is 98.6 Å². The Morgan fingerprint density at radius 2 is 2.18 bits per heavy atom. The number of rotatable bonds is 6. The Morgan fingerprint density at radius 1 is 1.41 bits per heavy atom. The fraction of sp³-hybridized carbons (Fsp3) is 0.364. The van der Waals surface area contributed by atoms with Crippen LogP contribution in [0.5, 0.6) is 0 Å². The first kappa shape index (κ1) is 13.1. The molecule has 1 rings (SSSR count). The van der Waals surface area contributed by atoms with E-state index < -0.39 is 12.6 Å². The number of aromatic nitrogens is 1. The number of pyridine rings is 1. The van der Waals surface area contributed by atoms with Crippen LogP contribution in [0.3, 0.4) is 0 Å². The lowest BCUT2D eigenvalue weighted by atomic mass is 10.3. The third-order valence-corrected chi connectivity index (χ3v) is 1.87. The molecule has 17 heavy (non-hydrogen) atoms. The zero-order chi connectivity index (χ0) is 12.7. The van der Waals surface area contributed by atoms with Crippen LogP contribution in [0.15, 0.2) is 18.2 Å². The van der Waals surface area contributed by atoms with E-state index in [0.29, 0.717) is 6.54 Å². The summed E-state index contributed by atoms with van der Waals surface area (Å²) < 4.78 is 4.64. The molecular formula is C11H14N2O4. The zero-order valence-electron chi connectivity index (χ0n) is 9.47. The van der Waals surface area contributed by atoms with Crippen LogP contribution in [0.1, 0.15) is 11.4 Å². The highest BCUT2D eigenvalue weighted by Gasteiger charge is 2.04. The Bertz CT molecular complexity index is 406. The van der Waals surface area contributed by atoms with E-state index in [0.717, 1.165) is 11.4 Å². The Kier molecular flexibility index (Phi) is 5.09. The van der Waals surface area contributed by atoms with Crippen LogP contribution in [0.4, 0.5) is 0 Å². The van der Waals surface area contributed by atoms with Crippen molar-refractivity contribution >= 4 is 11.9 Å². The summed E-state index contributed by atoms with van der Waals surface area (Å²) >= 11 is 0. The minimum atomic E-state index is -1.10. The number of amides is 1. The number of ether oxygens (including phenoxy) is 1. The first-order valence-corrected chi connectivity index (χ1v) is 5.06. The lowest BCUT2D eigenvalue weighted by Crippen LogP contribution is -2.28. The van der Waals surface area contributed by atoms with Crippen molar-refractivity contribution in [1.29, 1.82) is 0 Å². The molecule has 92 valence electrons. The molecule has 6 nitrogen and oxygen atoms in total. The molecule has 0 aromatic carbocycles. The van der Waals surface area contributed by atoms with Crippen LogP contribution >= 0.6 is 0 Å². The number of nitrogens with zero attached hydrogens (tertiary/aromatic N) is 1. The number of aliphatic carboxylic acids is 1. The summed E-state index contributed by atoms with van der Waals surface area (Å²) in [6.07, 6.45) is 0. The standard InChI is InChI=1S/C11H14N2O4/c1-8-3-2-4-9(13-8)5-12-10(14)6-17-7-11(15)16/h2-4H,5-7H2,1H3,(H,12,14)(H,15,16). The molecule has 0 saturated carbocycles. The maximum absolute atomic E-state index is 11.2. The van der Waals surface area contributed by atoms with Gasteiger partial charge in [-0.2, -0.15) is 0 Å². The van der Waals surface area contributed by atoms with E-state index in [2.05, 4.69) is 15.0 Å². The van der Waals surface area contributed by atoms with Crippen molar-refractivity contribution in [2.45, 2.75) is 13.5 Å². The van der Waals surface area contributed by atoms with Gasteiger partial charge in [-0.15, -0.1) is 0 Å². The average Bonchev–Trinajstić information content (AvgIpc) is 2.26. The molecular weight excluding hydrogens is 224 g/mol. The number of aryl methyl sites for hydroxylation is 1. The van der Waals surface area contributed by atoms with E-state index >= 15 is 0 Å². The van der Waals surface area contributed by atoms with Gasteiger partial charge in [0.2, 0.25) is 5.91 Å². The predicted octanol–water partition coefficient (Wildman–Crippen LogP) is 0.107. The van der Waals surface area contributed by atoms with Crippen LogP contribution in [-0.4, -0.2) is 35.2 Å². The number of nitrogens with one attached hydrogen (secondary N) is 1. The Morgan fingerprint density at radius 3 is 2.82 bits per heavy atom. The predicted molar refractivity (Wildman–Crippen MR) is 59.3 cm³/mol. The van der Waals surface area contributed by atoms with Gasteiger partial charge in [-0.1, -0.05) is 6.07 Å². The van der Waals surface area contributed by atoms with E-state index in [4.69, 9.17) is 5.11 Å². The van der Waals surface area contributed by atoms with Crippen molar-refractivity contribution < 1.29 is 19.4 Å². The molecule has 2 N–H and O–H groups in total. The lowest BCUT2D eigenvalue weighted by Gasteiger charge is -2.05. The molecule has 1 aromatic heterocycles. The number of hydrogen-bond acceptors (Lipinski definition) is 4. The summed E-state index contributed by atoms with van der Waals surface area (Å²) in [6, 6.07) is 5.51. The van der Waals surface area contributed by atoms with Crippen molar-refractivity contribution in [1.82, 2.24) is 10.3 Å². The van der Waals surface area contributed by atoms with Crippen molar-refractivity contribution in [2.24, 2.45) is 0 Å². The average molecular weight is 238 g/mol. The van der Waals surface area contributed by atoms with Crippen molar-refractivity contribution in [3.63, 3.8) is 0 Å². The van der Waals surface area contributed by atoms with Gasteiger partial charge in [0.15, 0.2) is 0 Å². The second-order valence-electron chi connectivity index (χ2n) is 3.43. The molecule has 0 spiro atoms. The highest BCUT2D eigenvalue weighted by Crippen LogP contribution is 1.97. The lowest BCUT2D eigenvalue weighted by molar-refractivity contribution is -0.143. The van der Waals surface area contributed by atoms with Crippen molar-refractivity contribution in [3.8, 4) is 0 Å². The largest absolute Gasteiger partial charge is 0.480 e. The van der Waals surface area contributed by atoms with Gasteiger partial charge in [-0.3, -0.25) is 9.78 Å². The molecule has 1 heterocycles. The van der Waals surface area contributed by atoms with Gasteiger partial charge in [-0.25, -0.2) is 4.79 Å². The Balaban J connectivity index is 2.26. The summed E-state index contributed by atoms with van der Waals surface area (Å²) in [7, 11) is 0. The SMILES string of the molecule is Cc1cccc(CNC(=O)COCC(=O)O)n1. The molecule has 6 heteroatoms. The first-order chi connectivity index (χ1) is 8.08. The molecule has 0 saturated heterocycles. The van der Waals surface area contributed by atoms with Gasteiger partial charge in [0.25, 0.3) is 0 Å². The van der Waals surface area contributed by atoms with Gasteiger partial charge in [-0.05, 0) is 19.1 Å². The number of carboxylic acid groups (broad SMARTS) is 1. The van der Waals surface area contributed by atoms with E-state index in [1.165, 1.54) is 0 Å². The number of carbonyl (C=O) groups is 2. The highest BCUT2D eigenvalue weighted by atomic mass is 16.5. The molecule has 0 aliphatic carbocycles. The van der Waals surface area contributed by atoms with E-state index in [-0.39, 0.29) is 12.5 Å². The molecule has 0 aliphatic rings. The van der Waals surface area contributed by atoms with Gasteiger partial charge < -0.3 is 15.2 Å². The van der Waals surface area contributed by atoms with Crippen LogP contribution in [-0.2, 0) is 20.9 Å². The van der Waals surface area contributed by atoms with Gasteiger partial charge in [0.1, 0.15) is 13.2 Å². The summed E-state index contributed by atoms with van der Waals surface area (Å²) in [4.78, 5) is 25.6. The number of hydrogen-bond donors (Lipinski definition) is 2. The third-order valence-electron chi connectivity index (χ3n) is 1.87. The molecule has 0 fully saturated rings. The minimum absolute atomic E-state index is 0.266. The molecule has 0 atom stereocenters. The maximum atomic E-state index is 11.2. The van der Waals surface area contributed by atoms with Crippen LogP contribution < -0.4 is 5.32 Å². The summed E-state index contributed by atoms with van der Waals surface area (Å²) in [5.74, 6) is -1.47. The second kappa shape index (κ2) is 6.59. The minimum Gasteiger partial charge on any atom is -0.480 e. The van der Waals surface area contributed by atoms with Crippen molar-refractivity contribution in [3.05, 3.63) is 29.6 Å². The normalized spacial score (nSPS) is 9.94. The van der Waals surface area contributed by atoms with E-state index in [1.807, 2.05) is 19.1 Å². The smallest absolute Gasteiger partial charge is 0.329 e. The quantitative estimate of drug-likeness (QED) is 0.734. The van der Waals surface area contributed by atoms with Gasteiger partial charge in [0.05, 0.1) is 12.2 Å². The van der Waals surface area contributed by atoms with Crippen LogP contribution in [0, 0.1) is 6.92 Å². The summed E-state index contributed by atoms with van der Waals surface area (Å²) in [5.41, 5.74) is 1.62. The topological polar surface area (TPSA) is 88.5 Å². The molecule has 0 radical (unpaired) electrons. The third kappa shape index (κ3) is 5.62. The van der Waals surface area contributed by atoms with Crippen LogP contribution in [0.25, 0.3) is 0 Å². The second-order valence-corrected chi connectivity index (χ2v) is 3.43. The fourth-order valence-corrected chi connectivity index (χ4v) is 1.17. The zero-order valence-corrected chi connectivity index (χ0v) is 9.47. The molecule has 0 unspecified atom stereocenters. The van der Waals surface area contributed by atoms with Gasteiger partial charge >= 0.3 is 5.97 Å². The summed E-state index contributed by atoms with van der Waals surface area (Å²) in [6.45, 7) is 1.42. The van der Waals surface area contributed by atoms with E-state index in [1.54, 1.807) is 6.07 Å².